The summed E-state index contributed by atoms with van der Waals surface area (Å²) in [7, 11) is 1.59. The van der Waals surface area contributed by atoms with Gasteiger partial charge in [-0.25, -0.2) is 4.68 Å². The number of aromatic amines is 1. The molecule has 0 spiro atoms. The van der Waals surface area contributed by atoms with Crippen molar-refractivity contribution in [2.75, 3.05) is 33.3 Å². The van der Waals surface area contributed by atoms with Crippen LogP contribution in [0.15, 0.2) is 51.9 Å². The lowest BCUT2D eigenvalue weighted by Gasteiger charge is -2.39. The Morgan fingerprint density at radius 1 is 1.19 bits per heavy atom. The Kier molecular flexibility index (Phi) is 6.55. The van der Waals surface area contributed by atoms with Crippen molar-refractivity contribution in [2.24, 2.45) is 0 Å². The van der Waals surface area contributed by atoms with E-state index in [4.69, 9.17) is 9.15 Å². The normalized spacial score (nSPS) is 15.7. The number of carbonyl (C=O) groups excluding carboxylic acids is 1. The third kappa shape index (κ3) is 4.62. The van der Waals surface area contributed by atoms with E-state index in [0.717, 1.165) is 11.8 Å². The van der Waals surface area contributed by atoms with Gasteiger partial charge in [-0.2, -0.15) is 0 Å². The van der Waals surface area contributed by atoms with Crippen LogP contribution in [0.2, 0.25) is 0 Å². The van der Waals surface area contributed by atoms with Gasteiger partial charge in [0.05, 0.1) is 24.4 Å². The van der Waals surface area contributed by atoms with Gasteiger partial charge in [0.2, 0.25) is 0 Å². The molecular formula is C26H31N7O4. The standard InChI is InChI=1S/C26H31N7O4/c1-5-26(2,3)33-23(28-29-30-33)22(19-15-17-8-9-18(36-4)16-20(17)27-24(19)34)31-10-12-32(13-11-31)25(35)21-7-6-14-37-21/h6-9,14-16,22H,5,10-13H2,1-4H3,(H,27,34). The number of pyridine rings is 1. The molecule has 4 heterocycles. The Morgan fingerprint density at radius 2 is 1.97 bits per heavy atom. The van der Waals surface area contributed by atoms with Gasteiger partial charge in [0.1, 0.15) is 11.8 Å². The van der Waals surface area contributed by atoms with E-state index in [1.54, 1.807) is 30.2 Å². The van der Waals surface area contributed by atoms with Crippen LogP contribution in [0.4, 0.5) is 0 Å². The molecule has 0 radical (unpaired) electrons. The molecular weight excluding hydrogens is 474 g/mol. The van der Waals surface area contributed by atoms with Crippen LogP contribution in [0.5, 0.6) is 5.75 Å². The second kappa shape index (κ2) is 9.81. The topological polar surface area (TPSA) is 122 Å². The zero-order valence-corrected chi connectivity index (χ0v) is 21.5. The van der Waals surface area contributed by atoms with Crippen LogP contribution in [-0.4, -0.2) is 74.2 Å². The van der Waals surface area contributed by atoms with Gasteiger partial charge < -0.3 is 19.0 Å². The molecule has 11 heteroatoms. The minimum Gasteiger partial charge on any atom is -0.497 e. The predicted octanol–water partition coefficient (Wildman–Crippen LogP) is 2.81. The van der Waals surface area contributed by atoms with Crippen LogP contribution in [0.1, 0.15) is 55.2 Å². The van der Waals surface area contributed by atoms with Gasteiger partial charge in [-0.1, -0.05) is 6.92 Å². The van der Waals surface area contributed by atoms with Crippen LogP contribution in [0.25, 0.3) is 10.9 Å². The predicted molar refractivity (Wildman–Crippen MR) is 137 cm³/mol. The maximum atomic E-state index is 13.5. The van der Waals surface area contributed by atoms with Crippen molar-refractivity contribution in [3.05, 3.63) is 70.2 Å². The van der Waals surface area contributed by atoms with Crippen molar-refractivity contribution in [2.45, 2.75) is 38.8 Å². The minimum atomic E-state index is -0.503. The quantitative estimate of drug-likeness (QED) is 0.407. The summed E-state index contributed by atoms with van der Waals surface area (Å²) in [5.41, 5.74) is 0.662. The number of H-pyrrole nitrogens is 1. The highest BCUT2D eigenvalue weighted by atomic mass is 16.5. The maximum absolute atomic E-state index is 13.5. The lowest BCUT2D eigenvalue weighted by atomic mass is 9.99. The number of nitrogens with zero attached hydrogens (tertiary/aromatic N) is 6. The van der Waals surface area contributed by atoms with Gasteiger partial charge in [0, 0.05) is 37.8 Å². The number of fused-ring (bicyclic) bond motifs is 1. The van der Waals surface area contributed by atoms with E-state index in [1.807, 2.05) is 22.9 Å². The Labute approximate surface area is 214 Å². The first-order valence-electron chi connectivity index (χ1n) is 12.4. The summed E-state index contributed by atoms with van der Waals surface area (Å²) >= 11 is 0. The Hall–Kier alpha value is -3.99. The molecule has 3 aromatic heterocycles. The van der Waals surface area contributed by atoms with E-state index >= 15 is 0 Å². The molecule has 194 valence electrons. The number of hydrogen-bond donors (Lipinski definition) is 1. The van der Waals surface area contributed by atoms with E-state index in [-0.39, 0.29) is 17.0 Å². The number of ether oxygens (including phenoxy) is 1. The van der Waals surface area contributed by atoms with Gasteiger partial charge >= 0.3 is 0 Å². The first-order valence-corrected chi connectivity index (χ1v) is 12.4. The molecule has 1 saturated heterocycles. The highest BCUT2D eigenvalue weighted by molar-refractivity contribution is 5.91. The van der Waals surface area contributed by atoms with Crippen LogP contribution in [-0.2, 0) is 5.54 Å². The summed E-state index contributed by atoms with van der Waals surface area (Å²) < 4.78 is 12.4. The maximum Gasteiger partial charge on any atom is 0.289 e. The zero-order valence-electron chi connectivity index (χ0n) is 21.5. The third-order valence-electron chi connectivity index (χ3n) is 7.25. The van der Waals surface area contributed by atoms with Gasteiger partial charge in [-0.15, -0.1) is 5.10 Å². The highest BCUT2D eigenvalue weighted by Gasteiger charge is 2.36. The number of tetrazole rings is 1. The molecule has 0 saturated carbocycles. The van der Waals surface area contributed by atoms with Crippen molar-refractivity contribution in [1.82, 2.24) is 35.0 Å². The summed E-state index contributed by atoms with van der Waals surface area (Å²) in [6.07, 6.45) is 2.30. The van der Waals surface area contributed by atoms with Crippen LogP contribution in [0.3, 0.4) is 0 Å². The first-order chi connectivity index (χ1) is 17.8. The summed E-state index contributed by atoms with van der Waals surface area (Å²) in [5.74, 6) is 1.44. The fourth-order valence-corrected chi connectivity index (χ4v) is 4.71. The van der Waals surface area contributed by atoms with E-state index in [1.165, 1.54) is 6.26 Å². The molecule has 5 rings (SSSR count). The van der Waals surface area contributed by atoms with Crippen molar-refractivity contribution < 1.29 is 13.9 Å². The molecule has 1 amide bonds. The second-order valence-electron chi connectivity index (χ2n) is 9.83. The number of aromatic nitrogens is 5. The fraction of sp³-hybridized carbons (Fsp3) is 0.423. The number of hydrogen-bond acceptors (Lipinski definition) is 8. The third-order valence-corrected chi connectivity index (χ3v) is 7.25. The molecule has 1 aromatic carbocycles. The number of furan rings is 1. The van der Waals surface area contributed by atoms with E-state index in [9.17, 15) is 9.59 Å². The van der Waals surface area contributed by atoms with Gasteiger partial charge in [0.15, 0.2) is 11.6 Å². The number of piperazine rings is 1. The molecule has 1 N–H and O–H groups in total. The second-order valence-corrected chi connectivity index (χ2v) is 9.83. The number of methoxy groups -OCH3 is 1. The molecule has 37 heavy (non-hydrogen) atoms. The van der Waals surface area contributed by atoms with E-state index in [0.29, 0.717) is 54.6 Å². The summed E-state index contributed by atoms with van der Waals surface area (Å²) in [5, 5.41) is 13.6. The summed E-state index contributed by atoms with van der Waals surface area (Å²) in [4.78, 5) is 33.3. The molecule has 1 fully saturated rings. The molecule has 1 unspecified atom stereocenters. The lowest BCUT2D eigenvalue weighted by molar-refractivity contribution is 0.0554. The number of carbonyl (C=O) groups is 1. The number of benzene rings is 1. The van der Waals surface area contributed by atoms with Crippen molar-refractivity contribution in [3.63, 3.8) is 0 Å². The van der Waals surface area contributed by atoms with Crippen molar-refractivity contribution >= 4 is 16.8 Å². The SMILES string of the molecule is CCC(C)(C)n1nnnc1C(c1cc2ccc(OC)cc2[nH]c1=O)N1CCN(C(=O)c2ccco2)CC1. The first kappa shape index (κ1) is 24.7. The molecule has 0 bridgehead atoms. The molecule has 0 aliphatic carbocycles. The van der Waals surface area contributed by atoms with Crippen LogP contribution in [0, 0.1) is 0 Å². The minimum absolute atomic E-state index is 0.143. The summed E-state index contributed by atoms with van der Waals surface area (Å²) in [6.45, 7) is 8.26. The molecule has 1 aliphatic heterocycles. The molecule has 1 atom stereocenters. The molecule has 1 aliphatic rings. The van der Waals surface area contributed by atoms with E-state index in [2.05, 4.69) is 46.2 Å². The van der Waals surface area contributed by atoms with Crippen LogP contribution < -0.4 is 10.3 Å². The average molecular weight is 506 g/mol. The largest absolute Gasteiger partial charge is 0.497 e. The number of rotatable bonds is 7. The zero-order chi connectivity index (χ0) is 26.2. The fourth-order valence-electron chi connectivity index (χ4n) is 4.71. The van der Waals surface area contributed by atoms with Gasteiger partial charge in [0.25, 0.3) is 11.5 Å². The van der Waals surface area contributed by atoms with E-state index < -0.39 is 6.04 Å². The Bertz CT molecular complexity index is 1450. The number of nitrogens with one attached hydrogen (secondary N) is 1. The van der Waals surface area contributed by atoms with Gasteiger partial charge in [-0.3, -0.25) is 14.5 Å². The monoisotopic (exact) mass is 505 g/mol. The van der Waals surface area contributed by atoms with Crippen LogP contribution >= 0.6 is 0 Å². The van der Waals surface area contributed by atoms with Crippen molar-refractivity contribution in [3.8, 4) is 5.75 Å². The highest BCUT2D eigenvalue weighted by Crippen LogP contribution is 2.31. The van der Waals surface area contributed by atoms with Crippen molar-refractivity contribution in [1.29, 1.82) is 0 Å². The summed E-state index contributed by atoms with van der Waals surface area (Å²) in [6, 6.07) is 10.4. The Morgan fingerprint density at radius 3 is 2.65 bits per heavy atom. The molecule has 11 nitrogen and oxygen atoms in total. The Balaban J connectivity index is 1.54. The van der Waals surface area contributed by atoms with Gasteiger partial charge in [-0.05, 0) is 66.4 Å². The smallest absolute Gasteiger partial charge is 0.289 e. The molecule has 4 aromatic rings. The average Bonchev–Trinajstić information content (AvgIpc) is 3.62. The number of amides is 1. The lowest BCUT2D eigenvalue weighted by Crippen LogP contribution is -2.51.